The van der Waals surface area contributed by atoms with Crippen LogP contribution in [0.2, 0.25) is 0 Å². The molecule has 1 rings (SSSR count). The number of benzene rings is 1. The second-order valence-corrected chi connectivity index (χ2v) is 5.44. The molecule has 22 heavy (non-hydrogen) atoms. The van der Waals surface area contributed by atoms with Gasteiger partial charge in [0.25, 0.3) is 0 Å². The van der Waals surface area contributed by atoms with E-state index in [-0.39, 0.29) is 18.0 Å². The zero-order chi connectivity index (χ0) is 16.5. The number of hydrogen-bond donors (Lipinski definition) is 1. The van der Waals surface area contributed by atoms with Gasteiger partial charge in [0.15, 0.2) is 6.10 Å². The minimum atomic E-state index is -0.617. The van der Waals surface area contributed by atoms with Crippen molar-refractivity contribution < 1.29 is 19.4 Å². The predicted octanol–water partition coefficient (Wildman–Crippen LogP) is 3.44. The Morgan fingerprint density at radius 3 is 2.41 bits per heavy atom. The van der Waals surface area contributed by atoms with E-state index < -0.39 is 6.10 Å². The number of carbonyl (C=O) groups excluding carboxylic acids is 1. The van der Waals surface area contributed by atoms with Crippen LogP contribution in [0.15, 0.2) is 30.3 Å². The van der Waals surface area contributed by atoms with E-state index in [1.807, 2.05) is 37.3 Å². The van der Waals surface area contributed by atoms with Crippen LogP contribution in [-0.2, 0) is 9.53 Å². The molecule has 0 fully saturated rings. The van der Waals surface area contributed by atoms with Gasteiger partial charge in [0.2, 0.25) is 0 Å². The number of ether oxygens (including phenoxy) is 2. The molecule has 3 atom stereocenters. The fraction of sp³-hybridized carbons (Fsp3) is 0.500. The first kappa shape index (κ1) is 18.2. The normalized spacial score (nSPS) is 15.3. The molecule has 0 aromatic heterocycles. The Bertz CT molecular complexity index is 476. The van der Waals surface area contributed by atoms with Crippen LogP contribution in [0, 0.1) is 5.92 Å². The van der Waals surface area contributed by atoms with Crippen LogP contribution in [0.5, 0.6) is 5.75 Å². The highest BCUT2D eigenvalue weighted by atomic mass is 16.6. The van der Waals surface area contributed by atoms with Gasteiger partial charge in [-0.2, -0.15) is 0 Å². The van der Waals surface area contributed by atoms with E-state index in [0.29, 0.717) is 12.4 Å². The van der Waals surface area contributed by atoms with Crippen molar-refractivity contribution in [3.05, 3.63) is 35.9 Å². The third-order valence-corrected chi connectivity index (χ3v) is 3.45. The molecule has 0 spiro atoms. The quantitative estimate of drug-likeness (QED) is 0.748. The molecule has 0 saturated heterocycles. The number of esters is 1. The van der Waals surface area contributed by atoms with Gasteiger partial charge < -0.3 is 14.6 Å². The molecule has 1 unspecified atom stereocenters. The van der Waals surface area contributed by atoms with Crippen LogP contribution in [0.3, 0.4) is 0 Å². The van der Waals surface area contributed by atoms with E-state index in [2.05, 4.69) is 6.08 Å². The standard InChI is InChI=1S/C18H26O4/c1-5-21-18(20)15(4)22-17-11-9-16(10-12-17)8-6-7-13(2)14(3)19/h6,8-15,19H,5,7H2,1-4H3/b8-6+/t13-,14+,15?/m1/s1. The molecular formula is C18H26O4. The fourth-order valence-electron chi connectivity index (χ4n) is 1.79. The summed E-state index contributed by atoms with van der Waals surface area (Å²) in [6, 6.07) is 7.51. The van der Waals surface area contributed by atoms with E-state index in [1.165, 1.54) is 0 Å². The van der Waals surface area contributed by atoms with Crippen molar-refractivity contribution in [1.82, 2.24) is 0 Å². The van der Waals surface area contributed by atoms with Gasteiger partial charge in [0, 0.05) is 0 Å². The Balaban J connectivity index is 2.52. The first-order valence-corrected chi connectivity index (χ1v) is 7.72. The van der Waals surface area contributed by atoms with Crippen LogP contribution >= 0.6 is 0 Å². The Morgan fingerprint density at radius 1 is 1.23 bits per heavy atom. The first-order valence-electron chi connectivity index (χ1n) is 7.72. The smallest absolute Gasteiger partial charge is 0.347 e. The fourth-order valence-corrected chi connectivity index (χ4v) is 1.79. The molecule has 122 valence electrons. The maximum atomic E-state index is 11.5. The highest BCUT2D eigenvalue weighted by molar-refractivity contribution is 5.74. The molecule has 0 bridgehead atoms. The molecule has 1 aromatic rings. The highest BCUT2D eigenvalue weighted by Crippen LogP contribution is 2.16. The predicted molar refractivity (Wildman–Crippen MR) is 87.7 cm³/mol. The lowest BCUT2D eigenvalue weighted by molar-refractivity contribution is -0.150. The SMILES string of the molecule is CCOC(=O)C(C)Oc1ccc(/C=C/C[C@@H](C)[C@H](C)O)cc1. The monoisotopic (exact) mass is 306 g/mol. The largest absolute Gasteiger partial charge is 0.479 e. The number of allylic oxidation sites excluding steroid dienone is 1. The topological polar surface area (TPSA) is 55.8 Å². The van der Waals surface area contributed by atoms with E-state index in [9.17, 15) is 9.90 Å². The molecule has 1 aromatic carbocycles. The summed E-state index contributed by atoms with van der Waals surface area (Å²) < 4.78 is 10.4. The molecule has 0 aliphatic heterocycles. The highest BCUT2D eigenvalue weighted by Gasteiger charge is 2.15. The summed E-state index contributed by atoms with van der Waals surface area (Å²) in [6.07, 6.45) is 3.97. The first-order chi connectivity index (χ1) is 10.4. The van der Waals surface area contributed by atoms with Crippen LogP contribution < -0.4 is 4.74 Å². The van der Waals surface area contributed by atoms with Crippen molar-refractivity contribution in [3.8, 4) is 5.75 Å². The van der Waals surface area contributed by atoms with Crippen molar-refractivity contribution >= 4 is 12.0 Å². The summed E-state index contributed by atoms with van der Waals surface area (Å²) >= 11 is 0. The molecule has 4 nitrogen and oxygen atoms in total. The van der Waals surface area contributed by atoms with Gasteiger partial charge in [0.05, 0.1) is 12.7 Å². The number of aliphatic hydroxyl groups is 1. The summed E-state index contributed by atoms with van der Waals surface area (Å²) in [6.45, 7) is 7.60. The average molecular weight is 306 g/mol. The summed E-state index contributed by atoms with van der Waals surface area (Å²) in [5, 5.41) is 9.43. The molecule has 4 heteroatoms. The zero-order valence-corrected chi connectivity index (χ0v) is 13.8. The minimum Gasteiger partial charge on any atom is -0.479 e. The van der Waals surface area contributed by atoms with Crippen LogP contribution in [0.1, 0.15) is 39.7 Å². The van der Waals surface area contributed by atoms with Gasteiger partial charge in [-0.1, -0.05) is 31.2 Å². The Hall–Kier alpha value is -1.81. The third-order valence-electron chi connectivity index (χ3n) is 3.45. The Labute approximate surface area is 132 Å². The van der Waals surface area contributed by atoms with Gasteiger partial charge >= 0.3 is 5.97 Å². The summed E-state index contributed by atoms with van der Waals surface area (Å²) in [5.41, 5.74) is 1.05. The third kappa shape index (κ3) is 6.31. The molecule has 0 heterocycles. The second kappa shape index (κ2) is 9.26. The number of aliphatic hydroxyl groups excluding tert-OH is 1. The maximum absolute atomic E-state index is 11.5. The lowest BCUT2D eigenvalue weighted by atomic mass is 10.0. The molecule has 1 N–H and O–H groups in total. The summed E-state index contributed by atoms with van der Waals surface area (Å²) in [7, 11) is 0. The van der Waals surface area contributed by atoms with Crippen molar-refractivity contribution in [2.24, 2.45) is 5.92 Å². The Kier molecular flexibility index (Phi) is 7.67. The number of rotatable bonds is 8. The maximum Gasteiger partial charge on any atom is 0.347 e. The van der Waals surface area contributed by atoms with Gasteiger partial charge in [-0.15, -0.1) is 0 Å². The van der Waals surface area contributed by atoms with E-state index in [0.717, 1.165) is 12.0 Å². The van der Waals surface area contributed by atoms with Gasteiger partial charge in [-0.05, 0) is 50.8 Å². The minimum absolute atomic E-state index is 0.240. The molecular weight excluding hydrogens is 280 g/mol. The molecule has 0 aliphatic rings. The zero-order valence-electron chi connectivity index (χ0n) is 13.8. The van der Waals surface area contributed by atoms with Crippen LogP contribution in [0.4, 0.5) is 0 Å². The van der Waals surface area contributed by atoms with E-state index >= 15 is 0 Å². The summed E-state index contributed by atoms with van der Waals surface area (Å²) in [5.74, 6) is 0.512. The van der Waals surface area contributed by atoms with Crippen molar-refractivity contribution in [2.45, 2.75) is 46.3 Å². The molecule has 0 amide bonds. The van der Waals surface area contributed by atoms with E-state index in [1.54, 1.807) is 20.8 Å². The molecule has 0 saturated carbocycles. The Morgan fingerprint density at radius 2 is 1.86 bits per heavy atom. The average Bonchev–Trinajstić information content (AvgIpc) is 2.49. The molecule has 0 radical (unpaired) electrons. The lowest BCUT2D eigenvalue weighted by Gasteiger charge is -2.13. The van der Waals surface area contributed by atoms with Crippen molar-refractivity contribution in [2.75, 3.05) is 6.61 Å². The number of hydrogen-bond acceptors (Lipinski definition) is 4. The van der Waals surface area contributed by atoms with Crippen molar-refractivity contribution in [1.29, 1.82) is 0 Å². The van der Waals surface area contributed by atoms with E-state index in [4.69, 9.17) is 9.47 Å². The van der Waals surface area contributed by atoms with Crippen LogP contribution in [-0.4, -0.2) is 29.9 Å². The second-order valence-electron chi connectivity index (χ2n) is 5.44. The van der Waals surface area contributed by atoms with Gasteiger partial charge in [-0.25, -0.2) is 4.79 Å². The molecule has 0 aliphatic carbocycles. The number of carbonyl (C=O) groups is 1. The van der Waals surface area contributed by atoms with Gasteiger partial charge in [-0.3, -0.25) is 0 Å². The van der Waals surface area contributed by atoms with Gasteiger partial charge in [0.1, 0.15) is 5.75 Å². The summed E-state index contributed by atoms with van der Waals surface area (Å²) in [4.78, 5) is 11.5. The van der Waals surface area contributed by atoms with Crippen LogP contribution in [0.25, 0.3) is 6.08 Å². The van der Waals surface area contributed by atoms with Crippen molar-refractivity contribution in [3.63, 3.8) is 0 Å². The lowest BCUT2D eigenvalue weighted by Crippen LogP contribution is -2.25.